The van der Waals surface area contributed by atoms with E-state index in [1.54, 1.807) is 0 Å². The van der Waals surface area contributed by atoms with Gasteiger partial charge < -0.3 is 27.9 Å². The molecule has 0 aromatic carbocycles. The van der Waals surface area contributed by atoms with Gasteiger partial charge in [-0.05, 0) is 128 Å². The van der Waals surface area contributed by atoms with Gasteiger partial charge in [0.1, 0.15) is 19.8 Å². The lowest BCUT2D eigenvalue weighted by Crippen LogP contribution is -2.37. The first-order valence-electron chi connectivity index (χ1n) is 27.8. The highest BCUT2D eigenvalue weighted by Gasteiger charge is 2.21. The van der Waals surface area contributed by atoms with E-state index in [-0.39, 0.29) is 26.1 Å². The molecule has 0 N–H and O–H groups in total. The molecular weight excluding hydrogens is 942 g/mol. The van der Waals surface area contributed by atoms with E-state index >= 15 is 0 Å². The van der Waals surface area contributed by atoms with Gasteiger partial charge >= 0.3 is 11.9 Å². The lowest BCUT2D eigenvalue weighted by atomic mass is 10.1. The van der Waals surface area contributed by atoms with E-state index in [0.717, 1.165) is 128 Å². The molecular formula is C64H100NO8P. The van der Waals surface area contributed by atoms with Gasteiger partial charge in [-0.25, -0.2) is 0 Å². The summed E-state index contributed by atoms with van der Waals surface area (Å²) < 4.78 is 34.0. The van der Waals surface area contributed by atoms with Gasteiger partial charge in [-0.1, -0.05) is 197 Å². The van der Waals surface area contributed by atoms with Gasteiger partial charge in [-0.2, -0.15) is 0 Å². The molecule has 0 radical (unpaired) electrons. The van der Waals surface area contributed by atoms with Crippen LogP contribution in [0, 0.1) is 0 Å². The third kappa shape index (κ3) is 56.7. The summed E-state index contributed by atoms with van der Waals surface area (Å²) in [4.78, 5) is 37.8. The fraction of sp³-hybridized carbons (Fsp3) is 0.531. The molecule has 0 rings (SSSR count). The van der Waals surface area contributed by atoms with Gasteiger partial charge in [-0.15, -0.1) is 0 Å². The van der Waals surface area contributed by atoms with E-state index in [9.17, 15) is 19.0 Å². The maximum absolute atomic E-state index is 12.8. The number of unbranched alkanes of at least 4 members (excludes halogenated alkanes) is 6. The number of esters is 2. The SMILES string of the molecule is CC/C=C\C/C=C\C/C=C\C/C=C\C/C=C\C/C=C\C/C=C\C/C=C\C/C=C\C/C=C\CCCCC(=O)OC(COC(=O)CCCCCC/C=C\C/C=C\C/C=C\C/C=C\CC)COP(=O)([O-])OCC[N+](C)(C)C. The fourth-order valence-electron chi connectivity index (χ4n) is 6.50. The first-order valence-corrected chi connectivity index (χ1v) is 29.3. The molecule has 74 heavy (non-hydrogen) atoms. The normalized spacial score (nSPS) is 14.6. The van der Waals surface area contributed by atoms with Gasteiger partial charge in [0.05, 0.1) is 27.7 Å². The molecule has 0 spiro atoms. The smallest absolute Gasteiger partial charge is 0.306 e. The molecule has 9 nitrogen and oxygen atoms in total. The van der Waals surface area contributed by atoms with Crippen molar-refractivity contribution >= 4 is 19.8 Å². The van der Waals surface area contributed by atoms with E-state index in [0.29, 0.717) is 23.9 Å². The van der Waals surface area contributed by atoms with Crippen LogP contribution in [0.3, 0.4) is 0 Å². The second-order valence-electron chi connectivity index (χ2n) is 18.8. The number of carbonyl (C=O) groups excluding carboxylic acids is 2. The summed E-state index contributed by atoms with van der Waals surface area (Å²) >= 11 is 0. The number of phosphoric ester groups is 1. The maximum Gasteiger partial charge on any atom is 0.306 e. The van der Waals surface area contributed by atoms with Crippen LogP contribution in [0.5, 0.6) is 0 Å². The number of rotatable bonds is 48. The molecule has 0 saturated heterocycles. The largest absolute Gasteiger partial charge is 0.756 e. The second-order valence-corrected chi connectivity index (χ2v) is 20.2. The highest BCUT2D eigenvalue weighted by atomic mass is 31.2. The van der Waals surface area contributed by atoms with E-state index in [2.05, 4.69) is 184 Å². The van der Waals surface area contributed by atoms with E-state index in [4.69, 9.17) is 18.5 Å². The summed E-state index contributed by atoms with van der Waals surface area (Å²) in [6, 6.07) is 0. The Morgan fingerprint density at radius 2 is 0.730 bits per heavy atom. The lowest BCUT2D eigenvalue weighted by Gasteiger charge is -2.28. The Kier molecular flexibility index (Phi) is 49.9. The highest BCUT2D eigenvalue weighted by Crippen LogP contribution is 2.38. The van der Waals surface area contributed by atoms with Crippen molar-refractivity contribution in [2.45, 2.75) is 174 Å². The Bertz CT molecular complexity index is 1850. The number of hydrogen-bond donors (Lipinski definition) is 0. The molecule has 0 saturated carbocycles. The number of phosphoric acid groups is 1. The van der Waals surface area contributed by atoms with Crippen LogP contribution >= 0.6 is 7.82 Å². The molecule has 0 aliphatic rings. The summed E-state index contributed by atoms with van der Waals surface area (Å²) in [5.41, 5.74) is 0. The molecule has 0 aliphatic heterocycles. The Labute approximate surface area is 451 Å². The lowest BCUT2D eigenvalue weighted by molar-refractivity contribution is -0.870. The Balaban J connectivity index is 4.36. The van der Waals surface area contributed by atoms with Crippen LogP contribution in [-0.4, -0.2) is 70.0 Å². The number of allylic oxidation sites excluding steroid dienone is 28. The molecule has 0 aromatic heterocycles. The van der Waals surface area contributed by atoms with Gasteiger partial charge in [0.25, 0.3) is 7.82 Å². The molecule has 0 heterocycles. The number of hydrogen-bond acceptors (Lipinski definition) is 8. The van der Waals surface area contributed by atoms with Crippen LogP contribution in [0.1, 0.15) is 168 Å². The zero-order valence-electron chi connectivity index (χ0n) is 46.7. The van der Waals surface area contributed by atoms with Crippen LogP contribution < -0.4 is 4.89 Å². The number of nitrogens with zero attached hydrogens (tertiary/aromatic N) is 1. The summed E-state index contributed by atoms with van der Waals surface area (Å²) in [6.45, 7) is 3.89. The predicted molar refractivity (Wildman–Crippen MR) is 313 cm³/mol. The van der Waals surface area contributed by atoms with Crippen LogP contribution in [-0.2, 0) is 32.7 Å². The first kappa shape index (κ1) is 69.4. The van der Waals surface area contributed by atoms with Crippen molar-refractivity contribution in [1.82, 2.24) is 0 Å². The fourth-order valence-corrected chi connectivity index (χ4v) is 7.22. The average Bonchev–Trinajstić information content (AvgIpc) is 3.36. The van der Waals surface area contributed by atoms with E-state index < -0.39 is 32.5 Å². The maximum atomic E-state index is 12.8. The molecule has 10 heteroatoms. The van der Waals surface area contributed by atoms with Crippen molar-refractivity contribution in [2.24, 2.45) is 0 Å². The molecule has 0 bridgehead atoms. The van der Waals surface area contributed by atoms with Crippen molar-refractivity contribution < 1.29 is 42.1 Å². The number of likely N-dealkylation sites (N-methyl/N-ethyl adjacent to an activating group) is 1. The topological polar surface area (TPSA) is 111 Å². The minimum absolute atomic E-state index is 0.0546. The summed E-state index contributed by atoms with van der Waals surface area (Å²) in [6.07, 6.45) is 81.2. The molecule has 2 unspecified atom stereocenters. The van der Waals surface area contributed by atoms with Crippen molar-refractivity contribution in [2.75, 3.05) is 47.5 Å². The van der Waals surface area contributed by atoms with Gasteiger partial charge in [-0.3, -0.25) is 14.2 Å². The average molecular weight is 1040 g/mol. The van der Waals surface area contributed by atoms with Crippen LogP contribution in [0.2, 0.25) is 0 Å². The van der Waals surface area contributed by atoms with Gasteiger partial charge in [0.2, 0.25) is 0 Å². The van der Waals surface area contributed by atoms with Crippen molar-refractivity contribution in [3.63, 3.8) is 0 Å². The molecule has 0 aliphatic carbocycles. The van der Waals surface area contributed by atoms with E-state index in [1.165, 1.54) is 0 Å². The summed E-state index contributed by atoms with van der Waals surface area (Å²) in [7, 11) is 1.09. The minimum atomic E-state index is -4.67. The zero-order valence-corrected chi connectivity index (χ0v) is 47.6. The molecule has 0 fully saturated rings. The summed E-state index contributed by atoms with van der Waals surface area (Å²) in [5.74, 6) is -0.931. The Morgan fingerprint density at radius 3 is 1.09 bits per heavy atom. The molecule has 0 aromatic rings. The minimum Gasteiger partial charge on any atom is -0.756 e. The van der Waals surface area contributed by atoms with E-state index in [1.807, 2.05) is 21.1 Å². The highest BCUT2D eigenvalue weighted by molar-refractivity contribution is 7.45. The van der Waals surface area contributed by atoms with Crippen molar-refractivity contribution in [1.29, 1.82) is 0 Å². The van der Waals surface area contributed by atoms with Gasteiger partial charge in [0, 0.05) is 12.8 Å². The summed E-state index contributed by atoms with van der Waals surface area (Å²) in [5, 5.41) is 0. The van der Waals surface area contributed by atoms with Gasteiger partial charge in [0.15, 0.2) is 6.10 Å². The van der Waals surface area contributed by atoms with Crippen LogP contribution in [0.4, 0.5) is 0 Å². The second kappa shape index (κ2) is 53.2. The Morgan fingerprint density at radius 1 is 0.419 bits per heavy atom. The van der Waals surface area contributed by atoms with Crippen LogP contribution in [0.15, 0.2) is 170 Å². The predicted octanol–water partition coefficient (Wildman–Crippen LogP) is 16.8. The standard InChI is InChI=1S/C64H100NO8P/c1-6-8-10-12-14-16-18-20-22-24-25-26-27-28-29-30-31-32-33-34-35-36-37-38-39-41-43-45-47-49-51-53-55-57-64(67)73-62(61-72-74(68,69)71-59-58-65(3,4)5)60-70-63(66)56-54-52-50-48-46-44-42-40-23-21-19-17-15-13-11-9-7-2/h8-11,14-17,20-23,25-26,28-29,31-32,34-35,37-38,41-44,47,49,62H,6-7,12-13,18-19,24,27,30,33,36,39-40,45-46,48,50-61H2,1-5H3/b10-8-,11-9-,16-14-,17-15-,22-20-,23-21-,26-25-,29-28-,32-31-,35-34-,38-37-,43-41-,44-42-,49-47-. The zero-order chi connectivity index (χ0) is 54.2. The molecule has 0 amide bonds. The van der Waals surface area contributed by atoms with Crippen molar-refractivity contribution in [3.05, 3.63) is 170 Å². The number of carbonyl (C=O) groups is 2. The quantitative estimate of drug-likeness (QED) is 0.0195. The number of ether oxygens (including phenoxy) is 2. The van der Waals surface area contributed by atoms with Crippen molar-refractivity contribution in [3.8, 4) is 0 Å². The Hall–Kier alpha value is -4.63. The third-order valence-electron chi connectivity index (χ3n) is 10.7. The molecule has 2 atom stereocenters. The third-order valence-corrected chi connectivity index (χ3v) is 11.7. The van der Waals surface area contributed by atoms with Crippen LogP contribution in [0.25, 0.3) is 0 Å². The monoisotopic (exact) mass is 1040 g/mol. The molecule has 414 valence electrons. The first-order chi connectivity index (χ1) is 36.0. The number of quaternary nitrogens is 1.